The zero-order chi connectivity index (χ0) is 9.31. The van der Waals surface area contributed by atoms with Gasteiger partial charge in [-0.3, -0.25) is 0 Å². The Morgan fingerprint density at radius 1 is 1.31 bits per heavy atom. The molecule has 0 bridgehead atoms. The van der Waals surface area contributed by atoms with Crippen LogP contribution in [0.1, 0.15) is 24.8 Å². The van der Waals surface area contributed by atoms with Crippen molar-refractivity contribution in [1.29, 1.82) is 0 Å². The lowest BCUT2D eigenvalue weighted by Crippen LogP contribution is -2.41. The summed E-state index contributed by atoms with van der Waals surface area (Å²) in [6, 6.07) is 8.14. The fraction of sp³-hybridized carbons (Fsp3) is 0.455. The van der Waals surface area contributed by atoms with Crippen molar-refractivity contribution in [3.63, 3.8) is 0 Å². The van der Waals surface area contributed by atoms with Gasteiger partial charge < -0.3 is 11.5 Å². The molecular weight excluding hydrogens is 160 g/mol. The number of rotatable bonds is 2. The molecule has 2 nitrogen and oxygen atoms in total. The van der Waals surface area contributed by atoms with Gasteiger partial charge in [0, 0.05) is 17.6 Å². The van der Waals surface area contributed by atoms with Crippen molar-refractivity contribution in [1.82, 2.24) is 0 Å². The van der Waals surface area contributed by atoms with Gasteiger partial charge in [-0.05, 0) is 30.5 Å². The molecule has 70 valence electrons. The Labute approximate surface area is 78.9 Å². The zero-order valence-corrected chi connectivity index (χ0v) is 7.79. The quantitative estimate of drug-likeness (QED) is 0.673. The van der Waals surface area contributed by atoms with Gasteiger partial charge in [0.1, 0.15) is 0 Å². The second-order valence-corrected chi connectivity index (χ2v) is 3.96. The molecular formula is C11H16N2. The summed E-state index contributed by atoms with van der Waals surface area (Å²) in [4.78, 5) is 0. The Bertz CT molecular complexity index is 297. The summed E-state index contributed by atoms with van der Waals surface area (Å²) in [5.74, 6) is 0. The van der Waals surface area contributed by atoms with E-state index in [2.05, 4.69) is 12.1 Å². The van der Waals surface area contributed by atoms with Gasteiger partial charge in [-0.15, -0.1) is 0 Å². The largest absolute Gasteiger partial charge is 0.399 e. The van der Waals surface area contributed by atoms with Crippen LogP contribution in [0.2, 0.25) is 0 Å². The maximum absolute atomic E-state index is 5.81. The van der Waals surface area contributed by atoms with Gasteiger partial charge in [-0.1, -0.05) is 18.6 Å². The van der Waals surface area contributed by atoms with Gasteiger partial charge in [-0.25, -0.2) is 0 Å². The molecule has 0 aliphatic heterocycles. The van der Waals surface area contributed by atoms with E-state index in [1.807, 2.05) is 12.1 Å². The highest BCUT2D eigenvalue weighted by atomic mass is 14.6. The Hall–Kier alpha value is -1.02. The number of hydrogen-bond acceptors (Lipinski definition) is 2. The van der Waals surface area contributed by atoms with E-state index in [4.69, 9.17) is 11.5 Å². The molecule has 1 aromatic rings. The van der Waals surface area contributed by atoms with Crippen LogP contribution < -0.4 is 11.5 Å². The van der Waals surface area contributed by atoms with Crippen molar-refractivity contribution >= 4 is 5.69 Å². The van der Waals surface area contributed by atoms with Gasteiger partial charge >= 0.3 is 0 Å². The van der Waals surface area contributed by atoms with E-state index < -0.39 is 0 Å². The summed E-state index contributed by atoms with van der Waals surface area (Å²) in [6.45, 7) is 0.746. The Balaban J connectivity index is 2.33. The van der Waals surface area contributed by atoms with Gasteiger partial charge in [0.25, 0.3) is 0 Å². The van der Waals surface area contributed by atoms with Crippen molar-refractivity contribution in [2.75, 3.05) is 12.3 Å². The van der Waals surface area contributed by atoms with Crippen molar-refractivity contribution in [3.8, 4) is 0 Å². The first-order valence-corrected chi connectivity index (χ1v) is 4.83. The molecule has 1 aliphatic carbocycles. The number of hydrogen-bond donors (Lipinski definition) is 2. The molecule has 2 heteroatoms. The standard InChI is InChI=1S/C11H16N2/c12-8-11(5-2-6-11)9-3-1-4-10(13)7-9/h1,3-4,7H,2,5-6,8,12-13H2. The van der Waals surface area contributed by atoms with Crippen LogP contribution in [0.3, 0.4) is 0 Å². The predicted molar refractivity (Wildman–Crippen MR) is 55.4 cm³/mol. The second kappa shape index (κ2) is 3.04. The summed E-state index contributed by atoms with van der Waals surface area (Å²) < 4.78 is 0. The molecule has 1 saturated carbocycles. The summed E-state index contributed by atoms with van der Waals surface area (Å²) in [6.07, 6.45) is 3.73. The third kappa shape index (κ3) is 1.31. The zero-order valence-electron chi connectivity index (χ0n) is 7.79. The molecule has 0 atom stereocenters. The molecule has 1 fully saturated rings. The number of nitrogens with two attached hydrogens (primary N) is 2. The molecule has 0 amide bonds. The van der Waals surface area contributed by atoms with E-state index in [9.17, 15) is 0 Å². The van der Waals surface area contributed by atoms with E-state index in [1.54, 1.807) is 0 Å². The lowest BCUT2D eigenvalue weighted by Gasteiger charge is -2.41. The number of anilines is 1. The van der Waals surface area contributed by atoms with Crippen LogP contribution in [-0.4, -0.2) is 6.54 Å². The van der Waals surface area contributed by atoms with Crippen molar-refractivity contribution in [3.05, 3.63) is 29.8 Å². The van der Waals surface area contributed by atoms with Crippen molar-refractivity contribution in [2.45, 2.75) is 24.7 Å². The van der Waals surface area contributed by atoms with Crippen LogP contribution in [0.25, 0.3) is 0 Å². The second-order valence-electron chi connectivity index (χ2n) is 3.96. The first-order valence-electron chi connectivity index (χ1n) is 4.83. The van der Waals surface area contributed by atoms with Crippen LogP contribution >= 0.6 is 0 Å². The maximum atomic E-state index is 5.81. The molecule has 0 radical (unpaired) electrons. The number of benzene rings is 1. The highest BCUT2D eigenvalue weighted by Gasteiger charge is 2.37. The monoisotopic (exact) mass is 176 g/mol. The Kier molecular flexibility index (Phi) is 2.00. The highest BCUT2D eigenvalue weighted by molar-refractivity contribution is 5.44. The summed E-state index contributed by atoms with van der Waals surface area (Å²) in [5.41, 5.74) is 14.0. The lowest BCUT2D eigenvalue weighted by molar-refractivity contribution is 0.253. The average Bonchev–Trinajstić information content (AvgIpc) is 2.03. The SMILES string of the molecule is NCC1(c2cccc(N)c2)CCC1. The van der Waals surface area contributed by atoms with E-state index >= 15 is 0 Å². The molecule has 4 N–H and O–H groups in total. The third-order valence-corrected chi connectivity index (χ3v) is 3.20. The minimum absolute atomic E-state index is 0.245. The molecule has 2 rings (SSSR count). The topological polar surface area (TPSA) is 52.0 Å². The van der Waals surface area contributed by atoms with E-state index in [0.29, 0.717) is 0 Å². The predicted octanol–water partition coefficient (Wildman–Crippen LogP) is 1.65. The fourth-order valence-corrected chi connectivity index (χ4v) is 2.08. The highest BCUT2D eigenvalue weighted by Crippen LogP contribution is 2.43. The molecule has 0 unspecified atom stereocenters. The normalized spacial score (nSPS) is 19.5. The molecule has 0 saturated heterocycles. The molecule has 1 aromatic carbocycles. The van der Waals surface area contributed by atoms with Gasteiger partial charge in [0.15, 0.2) is 0 Å². The van der Waals surface area contributed by atoms with Gasteiger partial charge in [0.2, 0.25) is 0 Å². The third-order valence-electron chi connectivity index (χ3n) is 3.20. The first kappa shape index (κ1) is 8.57. The summed E-state index contributed by atoms with van der Waals surface area (Å²) in [5, 5.41) is 0. The summed E-state index contributed by atoms with van der Waals surface area (Å²) in [7, 11) is 0. The van der Waals surface area contributed by atoms with Crippen LogP contribution in [0.5, 0.6) is 0 Å². The first-order chi connectivity index (χ1) is 6.27. The molecule has 0 aromatic heterocycles. The molecule has 1 aliphatic rings. The van der Waals surface area contributed by atoms with Crippen molar-refractivity contribution < 1.29 is 0 Å². The fourth-order valence-electron chi connectivity index (χ4n) is 2.08. The molecule has 0 spiro atoms. The molecule has 0 heterocycles. The Morgan fingerprint density at radius 2 is 2.08 bits per heavy atom. The number of nitrogen functional groups attached to an aromatic ring is 1. The maximum Gasteiger partial charge on any atom is 0.0316 e. The average molecular weight is 176 g/mol. The van der Waals surface area contributed by atoms with Gasteiger partial charge in [0.05, 0.1) is 0 Å². The van der Waals surface area contributed by atoms with Crippen LogP contribution in [-0.2, 0) is 5.41 Å². The van der Waals surface area contributed by atoms with Crippen LogP contribution in [0.4, 0.5) is 5.69 Å². The van der Waals surface area contributed by atoms with E-state index in [-0.39, 0.29) is 5.41 Å². The smallest absolute Gasteiger partial charge is 0.0316 e. The van der Waals surface area contributed by atoms with E-state index in [0.717, 1.165) is 12.2 Å². The lowest BCUT2D eigenvalue weighted by atomic mass is 9.64. The summed E-state index contributed by atoms with van der Waals surface area (Å²) >= 11 is 0. The van der Waals surface area contributed by atoms with Crippen LogP contribution in [0.15, 0.2) is 24.3 Å². The minimum Gasteiger partial charge on any atom is -0.399 e. The van der Waals surface area contributed by atoms with E-state index in [1.165, 1.54) is 24.8 Å². The van der Waals surface area contributed by atoms with Crippen LogP contribution in [0, 0.1) is 0 Å². The molecule has 13 heavy (non-hydrogen) atoms. The Morgan fingerprint density at radius 3 is 2.54 bits per heavy atom. The van der Waals surface area contributed by atoms with Crippen molar-refractivity contribution in [2.24, 2.45) is 5.73 Å². The van der Waals surface area contributed by atoms with Gasteiger partial charge in [-0.2, -0.15) is 0 Å². The minimum atomic E-state index is 0.245.